The highest BCUT2D eigenvalue weighted by molar-refractivity contribution is 8.03. The third kappa shape index (κ3) is 1.96. The van der Waals surface area contributed by atoms with Gasteiger partial charge in [0.25, 0.3) is 0 Å². The lowest BCUT2D eigenvalue weighted by molar-refractivity contribution is 1.20. The molecular formula is C7H3N3S. The highest BCUT2D eigenvalue weighted by Gasteiger charge is 1.93. The standard InChI is InChI=1S/C7H3N3S/c8-3-6-1-2-7(4-10-6)11-5-9/h1-2,4H. The van der Waals surface area contributed by atoms with Crippen LogP contribution in [0.25, 0.3) is 0 Å². The summed E-state index contributed by atoms with van der Waals surface area (Å²) >= 11 is 1.03. The third-order valence-corrected chi connectivity index (χ3v) is 1.58. The van der Waals surface area contributed by atoms with E-state index in [1.165, 1.54) is 6.20 Å². The van der Waals surface area contributed by atoms with E-state index in [0.29, 0.717) is 5.69 Å². The molecule has 0 spiro atoms. The maximum absolute atomic E-state index is 8.37. The minimum absolute atomic E-state index is 0.368. The number of aromatic nitrogens is 1. The zero-order valence-corrected chi connectivity index (χ0v) is 6.30. The molecule has 0 aliphatic rings. The van der Waals surface area contributed by atoms with Crippen molar-refractivity contribution >= 4 is 11.8 Å². The number of thioether (sulfide) groups is 1. The lowest BCUT2D eigenvalue weighted by atomic mass is 10.4. The van der Waals surface area contributed by atoms with Gasteiger partial charge in [-0.15, -0.1) is 0 Å². The van der Waals surface area contributed by atoms with E-state index in [2.05, 4.69) is 4.98 Å². The Bertz CT molecular complexity index is 317. The topological polar surface area (TPSA) is 60.5 Å². The first-order valence-corrected chi connectivity index (χ1v) is 3.60. The molecule has 0 amide bonds. The molecule has 52 valence electrons. The minimum atomic E-state index is 0.368. The lowest BCUT2D eigenvalue weighted by Gasteiger charge is -1.89. The summed E-state index contributed by atoms with van der Waals surface area (Å²) in [6.45, 7) is 0. The van der Waals surface area contributed by atoms with Crippen LogP contribution < -0.4 is 0 Å². The molecule has 1 heterocycles. The normalized spacial score (nSPS) is 8.18. The lowest BCUT2D eigenvalue weighted by Crippen LogP contribution is -1.79. The molecule has 0 aliphatic carbocycles. The van der Waals surface area contributed by atoms with Gasteiger partial charge in [-0.05, 0) is 23.9 Å². The minimum Gasteiger partial charge on any atom is -0.244 e. The highest BCUT2D eigenvalue weighted by atomic mass is 32.2. The second-order valence-electron chi connectivity index (χ2n) is 1.68. The number of pyridine rings is 1. The van der Waals surface area contributed by atoms with Crippen molar-refractivity contribution in [3.05, 3.63) is 24.0 Å². The summed E-state index contributed by atoms with van der Waals surface area (Å²) < 4.78 is 0. The smallest absolute Gasteiger partial charge is 0.140 e. The van der Waals surface area contributed by atoms with Gasteiger partial charge < -0.3 is 0 Å². The van der Waals surface area contributed by atoms with Gasteiger partial charge in [-0.1, -0.05) is 0 Å². The maximum atomic E-state index is 8.37. The summed E-state index contributed by atoms with van der Waals surface area (Å²) in [6, 6.07) is 5.17. The number of hydrogen-bond acceptors (Lipinski definition) is 4. The molecule has 0 aliphatic heterocycles. The Kier molecular flexibility index (Phi) is 2.48. The van der Waals surface area contributed by atoms with Crippen LogP contribution in [0.1, 0.15) is 5.69 Å². The largest absolute Gasteiger partial charge is 0.244 e. The predicted molar refractivity (Wildman–Crippen MR) is 40.4 cm³/mol. The highest BCUT2D eigenvalue weighted by Crippen LogP contribution is 2.14. The van der Waals surface area contributed by atoms with Gasteiger partial charge in [0.1, 0.15) is 17.2 Å². The second-order valence-corrected chi connectivity index (χ2v) is 2.54. The van der Waals surface area contributed by atoms with E-state index in [1.54, 1.807) is 12.1 Å². The number of nitriles is 2. The van der Waals surface area contributed by atoms with Crippen molar-refractivity contribution in [1.82, 2.24) is 4.98 Å². The van der Waals surface area contributed by atoms with Crippen molar-refractivity contribution in [3.8, 4) is 11.5 Å². The molecule has 4 heteroatoms. The van der Waals surface area contributed by atoms with Gasteiger partial charge in [0.15, 0.2) is 0 Å². The van der Waals surface area contributed by atoms with Gasteiger partial charge in [-0.25, -0.2) is 4.98 Å². The summed E-state index contributed by atoms with van der Waals surface area (Å²) in [6.07, 6.45) is 1.51. The molecule has 3 nitrogen and oxygen atoms in total. The van der Waals surface area contributed by atoms with Gasteiger partial charge in [-0.2, -0.15) is 10.5 Å². The van der Waals surface area contributed by atoms with Gasteiger partial charge in [0.05, 0.1) is 0 Å². The van der Waals surface area contributed by atoms with Crippen LogP contribution in [0.4, 0.5) is 0 Å². The number of rotatable bonds is 1. The van der Waals surface area contributed by atoms with E-state index in [-0.39, 0.29) is 0 Å². The maximum Gasteiger partial charge on any atom is 0.140 e. The number of hydrogen-bond donors (Lipinski definition) is 0. The van der Waals surface area contributed by atoms with E-state index < -0.39 is 0 Å². The monoisotopic (exact) mass is 161 g/mol. The molecule has 0 atom stereocenters. The summed E-state index contributed by atoms with van der Waals surface area (Å²) in [4.78, 5) is 4.54. The Morgan fingerprint density at radius 1 is 1.36 bits per heavy atom. The third-order valence-electron chi connectivity index (χ3n) is 1.01. The van der Waals surface area contributed by atoms with E-state index in [4.69, 9.17) is 10.5 Å². The average molecular weight is 161 g/mol. The van der Waals surface area contributed by atoms with Gasteiger partial charge in [-0.3, -0.25) is 0 Å². The molecule has 0 unspecified atom stereocenters. The van der Waals surface area contributed by atoms with Crippen molar-refractivity contribution in [2.24, 2.45) is 0 Å². The van der Waals surface area contributed by atoms with Crippen LogP contribution in [0.5, 0.6) is 0 Å². The second kappa shape index (κ2) is 3.60. The van der Waals surface area contributed by atoms with E-state index in [0.717, 1.165) is 16.7 Å². The zero-order valence-electron chi connectivity index (χ0n) is 5.48. The molecule has 0 radical (unpaired) electrons. The molecule has 1 rings (SSSR count). The predicted octanol–water partition coefficient (Wildman–Crippen LogP) is 1.53. The van der Waals surface area contributed by atoms with Crippen LogP contribution in [0.2, 0.25) is 0 Å². The van der Waals surface area contributed by atoms with E-state index in [9.17, 15) is 0 Å². The Labute approximate surface area is 68.3 Å². The Balaban J connectivity index is 2.87. The zero-order chi connectivity index (χ0) is 8.10. The van der Waals surface area contributed by atoms with Crippen LogP contribution in [-0.4, -0.2) is 4.98 Å². The number of nitrogens with zero attached hydrogens (tertiary/aromatic N) is 3. The van der Waals surface area contributed by atoms with Gasteiger partial charge in [0.2, 0.25) is 0 Å². The summed E-state index contributed by atoms with van der Waals surface area (Å²) in [5.74, 6) is 0. The first-order chi connectivity index (χ1) is 5.36. The van der Waals surface area contributed by atoms with E-state index in [1.807, 2.05) is 11.5 Å². The molecule has 0 aromatic carbocycles. The van der Waals surface area contributed by atoms with Crippen LogP contribution in [0, 0.1) is 22.0 Å². The molecular weight excluding hydrogens is 158 g/mol. The van der Waals surface area contributed by atoms with Gasteiger partial charge in [0, 0.05) is 11.1 Å². The Morgan fingerprint density at radius 2 is 2.18 bits per heavy atom. The van der Waals surface area contributed by atoms with Gasteiger partial charge >= 0.3 is 0 Å². The summed E-state index contributed by atoms with van der Waals surface area (Å²) in [5, 5.41) is 18.6. The first-order valence-electron chi connectivity index (χ1n) is 2.79. The molecule has 0 N–H and O–H groups in total. The molecule has 1 aromatic heterocycles. The SMILES string of the molecule is N#CSc1ccc(C#N)nc1. The number of thiocyanates is 1. The van der Waals surface area contributed by atoms with E-state index >= 15 is 0 Å². The molecule has 0 saturated carbocycles. The fourth-order valence-corrected chi connectivity index (χ4v) is 0.906. The fourth-order valence-electron chi connectivity index (χ4n) is 0.560. The van der Waals surface area contributed by atoms with Crippen molar-refractivity contribution in [2.45, 2.75) is 4.90 Å². The molecule has 0 fully saturated rings. The molecule has 0 bridgehead atoms. The summed E-state index contributed by atoms with van der Waals surface area (Å²) in [7, 11) is 0. The summed E-state index contributed by atoms with van der Waals surface area (Å²) in [5.41, 5.74) is 0.368. The van der Waals surface area contributed by atoms with Crippen molar-refractivity contribution in [2.75, 3.05) is 0 Å². The van der Waals surface area contributed by atoms with Crippen LogP contribution in [-0.2, 0) is 0 Å². The first kappa shape index (κ1) is 7.59. The van der Waals surface area contributed by atoms with Crippen LogP contribution >= 0.6 is 11.8 Å². The van der Waals surface area contributed by atoms with Crippen LogP contribution in [0.15, 0.2) is 23.2 Å². The van der Waals surface area contributed by atoms with Crippen molar-refractivity contribution < 1.29 is 0 Å². The molecule has 0 saturated heterocycles. The molecule has 11 heavy (non-hydrogen) atoms. The van der Waals surface area contributed by atoms with Crippen molar-refractivity contribution in [1.29, 1.82) is 10.5 Å². The van der Waals surface area contributed by atoms with Crippen LogP contribution in [0.3, 0.4) is 0 Å². The Hall–Kier alpha value is -1.52. The van der Waals surface area contributed by atoms with Crippen molar-refractivity contribution in [3.63, 3.8) is 0 Å². The Morgan fingerprint density at radius 3 is 2.64 bits per heavy atom. The average Bonchev–Trinajstić information content (AvgIpc) is 2.07. The quantitative estimate of drug-likeness (QED) is 0.463. The molecule has 1 aromatic rings. The fraction of sp³-hybridized carbons (Fsp3) is 0.